The summed E-state index contributed by atoms with van der Waals surface area (Å²) in [5, 5.41) is 11.0. The monoisotopic (exact) mass is 293 g/mol. The number of benzene rings is 1. The first kappa shape index (κ1) is 16.3. The van der Waals surface area contributed by atoms with E-state index in [0.717, 1.165) is 12.1 Å². The number of hydrogen-bond donors (Lipinski definition) is 0. The summed E-state index contributed by atoms with van der Waals surface area (Å²) in [5.74, 6) is -2.96. The number of carbonyl (C=O) groups excluding carboxylic acids is 1. The van der Waals surface area contributed by atoms with Crippen LogP contribution in [0.1, 0.15) is 25.3 Å². The number of hydrogen-bond acceptors (Lipinski definition) is 3. The Labute approximate surface area is 113 Å². The van der Waals surface area contributed by atoms with E-state index in [1.165, 1.54) is 12.1 Å². The summed E-state index contributed by atoms with van der Waals surface area (Å²) in [5.41, 5.74) is 0.327. The van der Waals surface area contributed by atoms with Crippen LogP contribution in [0.5, 0.6) is 5.75 Å². The summed E-state index contributed by atoms with van der Waals surface area (Å²) < 4.78 is 53.1. The molecule has 7 heteroatoms. The lowest BCUT2D eigenvalue weighted by Crippen LogP contribution is -2.33. The molecule has 0 aliphatic rings. The van der Waals surface area contributed by atoms with Crippen LogP contribution in [0.3, 0.4) is 0 Å². The van der Waals surface area contributed by atoms with Gasteiger partial charge in [-0.05, 0) is 23.6 Å². The second kappa shape index (κ2) is 6.11. The first-order chi connectivity index (χ1) is 9.15. The standard InChI is InChI=1S/C13H14F4O3/c1-7(2)10(11(18)19)8-3-5-9(6-4-8)20-13(16,17)12(14)15/h3-7,10,12H,1-2H3,(H,18,19)/p-1. The van der Waals surface area contributed by atoms with Crippen LogP contribution in [0.2, 0.25) is 0 Å². The van der Waals surface area contributed by atoms with Crippen LogP contribution in [0.25, 0.3) is 0 Å². The van der Waals surface area contributed by atoms with Crippen LogP contribution in [-0.2, 0) is 4.79 Å². The quantitative estimate of drug-likeness (QED) is 0.757. The highest BCUT2D eigenvalue weighted by Crippen LogP contribution is 2.30. The molecule has 1 atom stereocenters. The van der Waals surface area contributed by atoms with Gasteiger partial charge in [0.05, 0.1) is 0 Å². The molecule has 0 aromatic heterocycles. The third-order valence-electron chi connectivity index (χ3n) is 2.67. The van der Waals surface area contributed by atoms with E-state index in [1.807, 2.05) is 0 Å². The van der Waals surface area contributed by atoms with Gasteiger partial charge >= 0.3 is 12.5 Å². The van der Waals surface area contributed by atoms with Crippen molar-refractivity contribution in [3.8, 4) is 5.75 Å². The lowest BCUT2D eigenvalue weighted by molar-refractivity contribution is -0.309. The van der Waals surface area contributed by atoms with E-state index in [1.54, 1.807) is 13.8 Å². The average Bonchev–Trinajstić information content (AvgIpc) is 2.30. The molecule has 0 saturated carbocycles. The van der Waals surface area contributed by atoms with Gasteiger partial charge in [-0.3, -0.25) is 0 Å². The van der Waals surface area contributed by atoms with Gasteiger partial charge in [0.2, 0.25) is 0 Å². The third-order valence-corrected chi connectivity index (χ3v) is 2.67. The summed E-state index contributed by atoms with van der Waals surface area (Å²) >= 11 is 0. The molecule has 0 fully saturated rings. The summed E-state index contributed by atoms with van der Waals surface area (Å²) in [6.45, 7) is 3.33. The fraction of sp³-hybridized carbons (Fsp3) is 0.462. The van der Waals surface area contributed by atoms with Crippen LogP contribution in [0, 0.1) is 5.92 Å². The van der Waals surface area contributed by atoms with Gasteiger partial charge in [-0.25, -0.2) is 0 Å². The molecule has 0 heterocycles. The minimum absolute atomic E-state index is 0.269. The molecule has 20 heavy (non-hydrogen) atoms. The summed E-state index contributed by atoms with van der Waals surface area (Å²) in [6.07, 6.45) is -8.54. The Morgan fingerprint density at radius 3 is 2.05 bits per heavy atom. The topological polar surface area (TPSA) is 49.4 Å². The molecule has 1 rings (SSSR count). The lowest BCUT2D eigenvalue weighted by Gasteiger charge is -2.23. The zero-order valence-electron chi connectivity index (χ0n) is 10.8. The van der Waals surface area contributed by atoms with Gasteiger partial charge in [-0.1, -0.05) is 26.0 Å². The highest BCUT2D eigenvalue weighted by Gasteiger charge is 2.43. The number of carboxylic acids is 1. The van der Waals surface area contributed by atoms with E-state index in [-0.39, 0.29) is 5.92 Å². The van der Waals surface area contributed by atoms with Gasteiger partial charge in [0.1, 0.15) is 5.75 Å². The number of ether oxygens (including phenoxy) is 1. The Bertz CT molecular complexity index is 457. The van der Waals surface area contributed by atoms with Gasteiger partial charge in [-0.15, -0.1) is 0 Å². The van der Waals surface area contributed by atoms with E-state index in [2.05, 4.69) is 4.74 Å². The van der Waals surface area contributed by atoms with Crippen LogP contribution in [0.15, 0.2) is 24.3 Å². The van der Waals surface area contributed by atoms with Crippen molar-refractivity contribution >= 4 is 5.97 Å². The van der Waals surface area contributed by atoms with Gasteiger partial charge in [0.25, 0.3) is 0 Å². The van der Waals surface area contributed by atoms with Crippen molar-refractivity contribution in [2.45, 2.75) is 32.3 Å². The van der Waals surface area contributed by atoms with Crippen molar-refractivity contribution in [1.29, 1.82) is 0 Å². The van der Waals surface area contributed by atoms with E-state index in [9.17, 15) is 27.5 Å². The molecule has 1 aromatic carbocycles. The second-order valence-electron chi connectivity index (χ2n) is 4.57. The normalized spacial score (nSPS) is 13.6. The lowest BCUT2D eigenvalue weighted by atomic mass is 9.88. The predicted molar refractivity (Wildman–Crippen MR) is 60.6 cm³/mol. The molecule has 0 radical (unpaired) electrons. The van der Waals surface area contributed by atoms with E-state index >= 15 is 0 Å². The summed E-state index contributed by atoms with van der Waals surface area (Å²) in [4.78, 5) is 11.0. The molecule has 112 valence electrons. The Kier molecular flexibility index (Phi) is 4.97. The Morgan fingerprint density at radius 2 is 1.70 bits per heavy atom. The Morgan fingerprint density at radius 1 is 1.20 bits per heavy atom. The minimum Gasteiger partial charge on any atom is -0.549 e. The molecule has 0 aliphatic carbocycles. The number of rotatable bonds is 6. The third kappa shape index (κ3) is 3.85. The molecule has 0 saturated heterocycles. The van der Waals surface area contributed by atoms with Gasteiger partial charge in [0, 0.05) is 11.9 Å². The molecule has 1 aromatic rings. The number of carbonyl (C=O) groups is 1. The van der Waals surface area contributed by atoms with Gasteiger partial charge in [0.15, 0.2) is 0 Å². The smallest absolute Gasteiger partial charge is 0.461 e. The molecule has 0 aliphatic heterocycles. The van der Waals surface area contributed by atoms with Crippen LogP contribution in [-0.4, -0.2) is 18.5 Å². The highest BCUT2D eigenvalue weighted by atomic mass is 19.3. The maximum absolute atomic E-state index is 12.7. The SMILES string of the molecule is CC(C)C(C(=O)[O-])c1ccc(OC(F)(F)C(F)F)cc1. The molecule has 0 bridgehead atoms. The predicted octanol–water partition coefficient (Wildman–Crippen LogP) is 2.41. The number of aliphatic carboxylic acids is 1. The Balaban J connectivity index is 2.91. The first-order valence-electron chi connectivity index (χ1n) is 5.81. The average molecular weight is 293 g/mol. The van der Waals surface area contributed by atoms with Crippen LogP contribution in [0.4, 0.5) is 17.6 Å². The van der Waals surface area contributed by atoms with Crippen molar-refractivity contribution in [2.24, 2.45) is 5.92 Å². The van der Waals surface area contributed by atoms with Crippen molar-refractivity contribution < 1.29 is 32.2 Å². The zero-order chi connectivity index (χ0) is 15.5. The van der Waals surface area contributed by atoms with E-state index < -0.39 is 30.2 Å². The molecule has 1 unspecified atom stereocenters. The molecule has 0 spiro atoms. The first-order valence-corrected chi connectivity index (χ1v) is 5.81. The van der Waals surface area contributed by atoms with Crippen LogP contribution >= 0.6 is 0 Å². The highest BCUT2D eigenvalue weighted by molar-refractivity contribution is 5.74. The number of alkyl halides is 4. The number of carboxylic acid groups (broad SMARTS) is 1. The fourth-order valence-corrected chi connectivity index (χ4v) is 1.74. The van der Waals surface area contributed by atoms with Crippen molar-refractivity contribution in [1.82, 2.24) is 0 Å². The number of halogens is 4. The maximum atomic E-state index is 12.7. The minimum atomic E-state index is -4.59. The molecule has 0 amide bonds. The largest absolute Gasteiger partial charge is 0.549 e. The molecular formula is C13H13F4O3-. The van der Waals surface area contributed by atoms with Gasteiger partial charge in [-0.2, -0.15) is 17.6 Å². The van der Waals surface area contributed by atoms with E-state index in [4.69, 9.17) is 0 Å². The molecular weight excluding hydrogens is 280 g/mol. The second-order valence-corrected chi connectivity index (χ2v) is 4.57. The molecule has 0 N–H and O–H groups in total. The fourth-order valence-electron chi connectivity index (χ4n) is 1.74. The summed E-state index contributed by atoms with van der Waals surface area (Å²) in [7, 11) is 0. The van der Waals surface area contributed by atoms with Crippen LogP contribution < -0.4 is 9.84 Å². The van der Waals surface area contributed by atoms with Gasteiger partial charge < -0.3 is 14.6 Å². The van der Waals surface area contributed by atoms with E-state index in [0.29, 0.717) is 5.56 Å². The maximum Gasteiger partial charge on any atom is 0.461 e. The van der Waals surface area contributed by atoms with Crippen molar-refractivity contribution in [3.05, 3.63) is 29.8 Å². The molecule has 3 nitrogen and oxygen atoms in total. The summed E-state index contributed by atoms with van der Waals surface area (Å²) in [6, 6.07) is 4.50. The Hall–Kier alpha value is -1.79. The van der Waals surface area contributed by atoms with Crippen molar-refractivity contribution in [2.75, 3.05) is 0 Å². The van der Waals surface area contributed by atoms with Crippen molar-refractivity contribution in [3.63, 3.8) is 0 Å². The zero-order valence-corrected chi connectivity index (χ0v) is 10.8.